The molecule has 2 rings (SSSR count). The average molecular weight is 327 g/mol. The summed E-state index contributed by atoms with van der Waals surface area (Å²) in [6, 6.07) is 5.83. The highest BCUT2D eigenvalue weighted by Crippen LogP contribution is 2.20. The van der Waals surface area contributed by atoms with Gasteiger partial charge in [0, 0.05) is 37.2 Å². The monoisotopic (exact) mass is 326 g/mol. The van der Waals surface area contributed by atoms with Crippen molar-refractivity contribution in [3.05, 3.63) is 33.8 Å². The molecule has 1 saturated heterocycles. The first-order chi connectivity index (χ1) is 9.11. The van der Waals surface area contributed by atoms with E-state index in [1.807, 2.05) is 30.0 Å². The molecule has 0 spiro atoms. The van der Waals surface area contributed by atoms with Crippen molar-refractivity contribution < 1.29 is 9.90 Å². The Hall–Kier alpha value is -0.910. The lowest BCUT2D eigenvalue weighted by Gasteiger charge is -2.34. The van der Waals surface area contributed by atoms with Gasteiger partial charge in [-0.25, -0.2) is 0 Å². The van der Waals surface area contributed by atoms with Crippen molar-refractivity contribution in [1.29, 1.82) is 0 Å². The number of carbonyl (C=O) groups excluding carboxylic acids is 1. The minimum Gasteiger partial charge on any atom is -0.395 e. The van der Waals surface area contributed by atoms with Gasteiger partial charge in [-0.2, -0.15) is 0 Å². The molecule has 1 heterocycles. The van der Waals surface area contributed by atoms with Crippen molar-refractivity contribution in [2.75, 3.05) is 39.3 Å². The number of halogens is 1. The summed E-state index contributed by atoms with van der Waals surface area (Å²) in [7, 11) is 0. The van der Waals surface area contributed by atoms with Gasteiger partial charge in [0.05, 0.1) is 12.2 Å². The minimum absolute atomic E-state index is 0.0826. The molecule has 0 radical (unpaired) electrons. The second-order valence-corrected chi connectivity index (χ2v) is 5.70. The summed E-state index contributed by atoms with van der Waals surface area (Å²) in [5.74, 6) is 0.0826. The summed E-state index contributed by atoms with van der Waals surface area (Å²) in [5.41, 5.74) is 1.82. The molecule has 0 aliphatic carbocycles. The predicted octanol–water partition coefficient (Wildman–Crippen LogP) is 1.51. The van der Waals surface area contributed by atoms with Crippen LogP contribution in [0.4, 0.5) is 0 Å². The normalized spacial score (nSPS) is 16.7. The molecule has 0 atom stereocenters. The zero-order valence-electron chi connectivity index (χ0n) is 11.1. The Bertz CT molecular complexity index is 457. The molecule has 1 aliphatic heterocycles. The van der Waals surface area contributed by atoms with E-state index in [1.54, 1.807) is 0 Å². The average Bonchev–Trinajstić information content (AvgIpc) is 2.42. The van der Waals surface area contributed by atoms with Gasteiger partial charge in [0.15, 0.2) is 0 Å². The van der Waals surface area contributed by atoms with Crippen molar-refractivity contribution >= 4 is 21.8 Å². The molecule has 1 aromatic carbocycles. The number of aliphatic hydroxyl groups is 1. The summed E-state index contributed by atoms with van der Waals surface area (Å²) in [6.07, 6.45) is 0. The molecule has 0 saturated carbocycles. The van der Waals surface area contributed by atoms with Gasteiger partial charge in [-0.1, -0.05) is 11.6 Å². The van der Waals surface area contributed by atoms with Gasteiger partial charge in [-0.3, -0.25) is 9.69 Å². The first-order valence-electron chi connectivity index (χ1n) is 6.50. The number of benzene rings is 1. The van der Waals surface area contributed by atoms with Crippen LogP contribution >= 0.6 is 15.9 Å². The zero-order valence-corrected chi connectivity index (χ0v) is 12.7. The highest BCUT2D eigenvalue weighted by molar-refractivity contribution is 9.10. The molecule has 5 heteroatoms. The van der Waals surface area contributed by atoms with E-state index in [-0.39, 0.29) is 12.5 Å². The zero-order chi connectivity index (χ0) is 13.8. The van der Waals surface area contributed by atoms with E-state index in [4.69, 9.17) is 5.11 Å². The van der Waals surface area contributed by atoms with Crippen molar-refractivity contribution in [2.24, 2.45) is 0 Å². The van der Waals surface area contributed by atoms with E-state index < -0.39 is 0 Å². The van der Waals surface area contributed by atoms with E-state index in [2.05, 4.69) is 20.8 Å². The Morgan fingerprint density at radius 3 is 2.63 bits per heavy atom. The van der Waals surface area contributed by atoms with Crippen LogP contribution in [0.3, 0.4) is 0 Å². The fourth-order valence-corrected chi connectivity index (χ4v) is 2.71. The van der Waals surface area contributed by atoms with E-state index in [9.17, 15) is 4.79 Å². The van der Waals surface area contributed by atoms with Crippen LogP contribution in [0.25, 0.3) is 0 Å². The Kier molecular flexibility index (Phi) is 4.96. The largest absolute Gasteiger partial charge is 0.395 e. The first-order valence-corrected chi connectivity index (χ1v) is 7.30. The standard InChI is InChI=1S/C14H19BrN2O2/c1-11-2-3-13(15)12(10-11)14(19)17-6-4-16(5-7-17)8-9-18/h2-3,10,18H,4-9H2,1H3. The van der Waals surface area contributed by atoms with Crippen molar-refractivity contribution in [3.63, 3.8) is 0 Å². The van der Waals surface area contributed by atoms with Crippen molar-refractivity contribution in [1.82, 2.24) is 9.80 Å². The SMILES string of the molecule is Cc1ccc(Br)c(C(=O)N2CCN(CCO)CC2)c1. The molecule has 4 nitrogen and oxygen atoms in total. The molecule has 0 bridgehead atoms. The first kappa shape index (κ1) is 14.5. The maximum absolute atomic E-state index is 12.5. The van der Waals surface area contributed by atoms with E-state index in [0.29, 0.717) is 6.54 Å². The Morgan fingerprint density at radius 1 is 1.32 bits per heavy atom. The van der Waals surface area contributed by atoms with Crippen LogP contribution < -0.4 is 0 Å². The molecule has 0 aromatic heterocycles. The molecule has 19 heavy (non-hydrogen) atoms. The number of β-amino-alcohol motifs (C(OH)–C–C–N with tert-alkyl or cyclic N) is 1. The molecule has 1 amide bonds. The van der Waals surface area contributed by atoms with E-state index in [1.165, 1.54) is 0 Å². The quantitative estimate of drug-likeness (QED) is 0.915. The van der Waals surface area contributed by atoms with Gasteiger partial charge >= 0.3 is 0 Å². The summed E-state index contributed by atoms with van der Waals surface area (Å²) in [5, 5.41) is 8.91. The van der Waals surface area contributed by atoms with Crippen molar-refractivity contribution in [2.45, 2.75) is 6.92 Å². The number of hydrogen-bond acceptors (Lipinski definition) is 3. The van der Waals surface area contributed by atoms with Gasteiger partial charge in [0.25, 0.3) is 5.91 Å². The third-order valence-corrected chi connectivity index (χ3v) is 4.12. The molecule has 1 fully saturated rings. The fourth-order valence-electron chi connectivity index (χ4n) is 2.29. The second-order valence-electron chi connectivity index (χ2n) is 4.84. The molecule has 104 valence electrons. The summed E-state index contributed by atoms with van der Waals surface area (Å²) >= 11 is 3.44. The third-order valence-electron chi connectivity index (χ3n) is 3.43. The smallest absolute Gasteiger partial charge is 0.255 e. The molecule has 1 N–H and O–H groups in total. The van der Waals surface area contributed by atoms with Crippen LogP contribution in [0, 0.1) is 6.92 Å². The maximum Gasteiger partial charge on any atom is 0.255 e. The van der Waals surface area contributed by atoms with E-state index in [0.717, 1.165) is 41.8 Å². The highest BCUT2D eigenvalue weighted by Gasteiger charge is 2.23. The third kappa shape index (κ3) is 3.55. The van der Waals surface area contributed by atoms with Crippen LogP contribution in [-0.2, 0) is 0 Å². The van der Waals surface area contributed by atoms with E-state index >= 15 is 0 Å². The van der Waals surface area contributed by atoms with Gasteiger partial charge in [-0.15, -0.1) is 0 Å². The topological polar surface area (TPSA) is 43.8 Å². The van der Waals surface area contributed by atoms with Gasteiger partial charge in [0.1, 0.15) is 0 Å². The Labute approximate surface area is 122 Å². The lowest BCUT2D eigenvalue weighted by molar-refractivity contribution is 0.0614. The van der Waals surface area contributed by atoms with Gasteiger partial charge in [-0.05, 0) is 35.0 Å². The van der Waals surface area contributed by atoms with Gasteiger partial charge in [0.2, 0.25) is 0 Å². The Morgan fingerprint density at radius 2 is 2.00 bits per heavy atom. The van der Waals surface area contributed by atoms with Crippen LogP contribution in [0.15, 0.2) is 22.7 Å². The number of aryl methyl sites for hydroxylation is 1. The molecule has 1 aliphatic rings. The number of aliphatic hydroxyl groups excluding tert-OH is 1. The van der Waals surface area contributed by atoms with Crippen LogP contribution in [0.2, 0.25) is 0 Å². The number of carbonyl (C=O) groups is 1. The number of rotatable bonds is 3. The van der Waals surface area contributed by atoms with Crippen LogP contribution in [-0.4, -0.2) is 60.1 Å². The lowest BCUT2D eigenvalue weighted by atomic mass is 10.1. The van der Waals surface area contributed by atoms with Crippen molar-refractivity contribution in [3.8, 4) is 0 Å². The second kappa shape index (κ2) is 6.50. The minimum atomic E-state index is 0.0826. The number of amides is 1. The molecular weight excluding hydrogens is 308 g/mol. The highest BCUT2D eigenvalue weighted by atomic mass is 79.9. The van der Waals surface area contributed by atoms with Crippen LogP contribution in [0.5, 0.6) is 0 Å². The summed E-state index contributed by atoms with van der Waals surface area (Å²) in [6.45, 7) is 5.96. The van der Waals surface area contributed by atoms with Crippen LogP contribution in [0.1, 0.15) is 15.9 Å². The number of nitrogens with zero attached hydrogens (tertiary/aromatic N) is 2. The molecule has 1 aromatic rings. The molecular formula is C14H19BrN2O2. The Balaban J connectivity index is 2.03. The summed E-state index contributed by atoms with van der Waals surface area (Å²) < 4.78 is 0.848. The lowest BCUT2D eigenvalue weighted by Crippen LogP contribution is -2.49. The number of hydrogen-bond donors (Lipinski definition) is 1. The maximum atomic E-state index is 12.5. The fraction of sp³-hybridized carbons (Fsp3) is 0.500. The summed E-state index contributed by atoms with van der Waals surface area (Å²) in [4.78, 5) is 16.5. The number of piperazine rings is 1. The van der Waals surface area contributed by atoms with Gasteiger partial charge < -0.3 is 10.0 Å². The molecule has 0 unspecified atom stereocenters. The predicted molar refractivity (Wildman–Crippen MR) is 78.3 cm³/mol.